The van der Waals surface area contributed by atoms with Gasteiger partial charge in [-0.25, -0.2) is 4.79 Å². The van der Waals surface area contributed by atoms with E-state index < -0.39 is 23.9 Å². The molecule has 1 fully saturated rings. The number of carbonyl (C=O) groups excluding carboxylic acids is 1. The van der Waals surface area contributed by atoms with Gasteiger partial charge in [0.25, 0.3) is 5.91 Å². The van der Waals surface area contributed by atoms with E-state index in [1.54, 1.807) is 30.3 Å². The van der Waals surface area contributed by atoms with Crippen molar-refractivity contribution in [3.05, 3.63) is 39.8 Å². The average Bonchev–Trinajstić information content (AvgIpc) is 2.74. The second kappa shape index (κ2) is 7.78. The molecule has 1 aliphatic heterocycles. The number of carboxylic acid groups (broad SMARTS) is 2. The number of benzene rings is 1. The number of thioether (sulfide) groups is 1. The molecule has 1 saturated heterocycles. The molecule has 0 aromatic heterocycles. The van der Waals surface area contributed by atoms with Gasteiger partial charge < -0.3 is 10.2 Å². The lowest BCUT2D eigenvalue weighted by Crippen LogP contribution is -2.44. The number of hydrogen-bond donors (Lipinski definition) is 2. The first-order valence-electron chi connectivity index (χ1n) is 6.77. The van der Waals surface area contributed by atoms with Gasteiger partial charge in [0, 0.05) is 11.4 Å². The first-order chi connectivity index (χ1) is 11.3. The molecule has 0 aliphatic carbocycles. The van der Waals surface area contributed by atoms with Crippen molar-refractivity contribution in [3.8, 4) is 0 Å². The summed E-state index contributed by atoms with van der Waals surface area (Å²) in [5.74, 6) is -2.99. The molecule has 6 nitrogen and oxygen atoms in total. The highest BCUT2D eigenvalue weighted by Gasteiger charge is 2.40. The van der Waals surface area contributed by atoms with Gasteiger partial charge in [0.05, 0.1) is 4.91 Å². The van der Waals surface area contributed by atoms with Gasteiger partial charge in [-0.1, -0.05) is 47.7 Å². The van der Waals surface area contributed by atoms with Crippen LogP contribution in [0.25, 0.3) is 6.08 Å². The summed E-state index contributed by atoms with van der Waals surface area (Å²) < 4.78 is 0.0890. The van der Waals surface area contributed by atoms with E-state index in [9.17, 15) is 19.5 Å². The lowest BCUT2D eigenvalue weighted by molar-refractivity contribution is -0.146. The van der Waals surface area contributed by atoms with E-state index in [1.165, 1.54) is 0 Å². The lowest BCUT2D eigenvalue weighted by atomic mass is 10.1. The highest BCUT2D eigenvalue weighted by molar-refractivity contribution is 8.26. The van der Waals surface area contributed by atoms with Gasteiger partial charge in [0.2, 0.25) is 0 Å². The van der Waals surface area contributed by atoms with Crippen LogP contribution in [0.15, 0.2) is 29.2 Å². The summed E-state index contributed by atoms with van der Waals surface area (Å²) >= 11 is 12.0. The molecular formula is C15H12ClNO5S2. The smallest absolute Gasteiger partial charge is 0.326 e. The molecule has 1 amide bonds. The zero-order valence-corrected chi connectivity index (χ0v) is 14.5. The number of halogens is 1. The number of carboxylic acids is 2. The van der Waals surface area contributed by atoms with Crippen LogP contribution in [0.5, 0.6) is 0 Å². The Morgan fingerprint density at radius 2 is 2.08 bits per heavy atom. The van der Waals surface area contributed by atoms with Gasteiger partial charge >= 0.3 is 11.9 Å². The number of hydrogen-bond acceptors (Lipinski definition) is 5. The van der Waals surface area contributed by atoms with Crippen molar-refractivity contribution in [3.63, 3.8) is 0 Å². The minimum atomic E-state index is -1.31. The number of thiocarbonyl (C=S) groups is 1. The maximum absolute atomic E-state index is 12.5. The molecule has 1 aromatic carbocycles. The molecule has 0 bridgehead atoms. The van der Waals surface area contributed by atoms with Crippen LogP contribution in [0.4, 0.5) is 0 Å². The van der Waals surface area contributed by atoms with Crippen molar-refractivity contribution in [1.82, 2.24) is 4.90 Å². The Hall–Kier alpha value is -1.90. The Labute approximate surface area is 152 Å². The normalized spacial score (nSPS) is 17.4. The van der Waals surface area contributed by atoms with Crippen molar-refractivity contribution >= 4 is 63.8 Å². The van der Waals surface area contributed by atoms with Crippen LogP contribution in [-0.2, 0) is 14.4 Å². The van der Waals surface area contributed by atoms with E-state index in [1.807, 2.05) is 0 Å². The Morgan fingerprint density at radius 1 is 1.38 bits per heavy atom. The molecule has 1 atom stereocenters. The van der Waals surface area contributed by atoms with E-state index in [-0.39, 0.29) is 22.1 Å². The highest BCUT2D eigenvalue weighted by atomic mass is 35.5. The Kier molecular flexibility index (Phi) is 5.98. The van der Waals surface area contributed by atoms with Gasteiger partial charge in [-0.3, -0.25) is 14.5 Å². The molecule has 1 unspecified atom stereocenters. The summed E-state index contributed by atoms with van der Waals surface area (Å²) in [6.07, 6.45) is 0.976. The van der Waals surface area contributed by atoms with Crippen LogP contribution < -0.4 is 0 Å². The maximum atomic E-state index is 12.5. The third-order valence-electron chi connectivity index (χ3n) is 3.20. The van der Waals surface area contributed by atoms with E-state index in [2.05, 4.69) is 0 Å². The zero-order chi connectivity index (χ0) is 17.9. The average molecular weight is 386 g/mol. The van der Waals surface area contributed by atoms with Crippen LogP contribution in [0.2, 0.25) is 5.02 Å². The Balaban J connectivity index is 2.26. The van der Waals surface area contributed by atoms with Gasteiger partial charge in [-0.15, -0.1) is 0 Å². The number of rotatable bonds is 6. The molecular weight excluding hydrogens is 374 g/mol. The van der Waals surface area contributed by atoms with E-state index in [4.69, 9.17) is 28.9 Å². The van der Waals surface area contributed by atoms with Crippen LogP contribution in [0.1, 0.15) is 18.4 Å². The first kappa shape index (κ1) is 18.4. The van der Waals surface area contributed by atoms with Crippen molar-refractivity contribution in [2.45, 2.75) is 18.9 Å². The summed E-state index contributed by atoms with van der Waals surface area (Å²) in [6.45, 7) is 0. The molecule has 1 aliphatic rings. The summed E-state index contributed by atoms with van der Waals surface area (Å²) in [6, 6.07) is 5.52. The fraction of sp³-hybridized carbons (Fsp3) is 0.200. The van der Waals surface area contributed by atoms with Crippen LogP contribution in [0, 0.1) is 0 Å². The lowest BCUT2D eigenvalue weighted by Gasteiger charge is -2.22. The summed E-state index contributed by atoms with van der Waals surface area (Å²) in [7, 11) is 0. The molecule has 0 radical (unpaired) electrons. The molecule has 1 heterocycles. The second-order valence-electron chi connectivity index (χ2n) is 4.89. The van der Waals surface area contributed by atoms with Crippen LogP contribution in [0.3, 0.4) is 0 Å². The monoisotopic (exact) mass is 385 g/mol. The number of aliphatic carboxylic acids is 2. The van der Waals surface area contributed by atoms with Crippen molar-refractivity contribution in [2.24, 2.45) is 0 Å². The molecule has 9 heteroatoms. The number of amides is 1. The predicted molar refractivity (Wildman–Crippen MR) is 94.8 cm³/mol. The molecule has 2 N–H and O–H groups in total. The fourth-order valence-electron chi connectivity index (χ4n) is 2.12. The van der Waals surface area contributed by atoms with Crippen molar-refractivity contribution in [2.75, 3.05) is 0 Å². The Morgan fingerprint density at radius 3 is 2.67 bits per heavy atom. The molecule has 1 aromatic rings. The number of carbonyl (C=O) groups is 3. The summed E-state index contributed by atoms with van der Waals surface area (Å²) in [5, 5.41) is 18.5. The van der Waals surface area contributed by atoms with Gasteiger partial charge in [0.1, 0.15) is 10.4 Å². The fourth-order valence-corrected chi connectivity index (χ4v) is 3.67. The Bertz CT molecular complexity index is 749. The minimum Gasteiger partial charge on any atom is -0.481 e. The molecule has 0 saturated carbocycles. The van der Waals surface area contributed by atoms with Crippen molar-refractivity contribution < 1.29 is 24.6 Å². The van der Waals surface area contributed by atoms with Crippen molar-refractivity contribution in [1.29, 1.82) is 0 Å². The third-order valence-corrected chi connectivity index (χ3v) is 4.76. The van der Waals surface area contributed by atoms with Crippen LogP contribution >= 0.6 is 35.6 Å². The first-order valence-corrected chi connectivity index (χ1v) is 8.37. The second-order valence-corrected chi connectivity index (χ2v) is 7.01. The topological polar surface area (TPSA) is 94.9 Å². The van der Waals surface area contributed by atoms with E-state index in [0.717, 1.165) is 16.7 Å². The quantitative estimate of drug-likeness (QED) is 0.574. The SMILES string of the molecule is O=C(O)CCC(C(=O)O)N1C(=O)/C(=C/c2cccc(Cl)c2)SC1=S. The maximum Gasteiger partial charge on any atom is 0.326 e. The molecule has 2 rings (SSSR count). The standard InChI is InChI=1S/C15H12ClNO5S2/c16-9-3-1-2-8(6-9)7-11-13(20)17(15(23)24-11)10(14(21)22)4-5-12(18)19/h1-3,6-7,10H,4-5H2,(H,18,19)(H,21,22)/b11-7-. The van der Waals surface area contributed by atoms with Gasteiger partial charge in [0.15, 0.2) is 0 Å². The third kappa shape index (κ3) is 4.34. The zero-order valence-electron chi connectivity index (χ0n) is 12.1. The molecule has 126 valence electrons. The summed E-state index contributed by atoms with van der Waals surface area (Å²) in [4.78, 5) is 35.8. The number of nitrogens with zero attached hydrogens (tertiary/aromatic N) is 1. The summed E-state index contributed by atoms with van der Waals surface area (Å²) in [5.41, 5.74) is 0.681. The van der Waals surface area contributed by atoms with Gasteiger partial charge in [-0.2, -0.15) is 0 Å². The van der Waals surface area contributed by atoms with E-state index in [0.29, 0.717) is 10.6 Å². The largest absolute Gasteiger partial charge is 0.481 e. The molecule has 24 heavy (non-hydrogen) atoms. The van der Waals surface area contributed by atoms with Crippen LogP contribution in [-0.4, -0.2) is 43.3 Å². The van der Waals surface area contributed by atoms with E-state index >= 15 is 0 Å². The molecule has 0 spiro atoms. The van der Waals surface area contributed by atoms with Gasteiger partial charge in [-0.05, 0) is 30.2 Å². The minimum absolute atomic E-state index is 0.0890. The highest BCUT2D eigenvalue weighted by Crippen LogP contribution is 2.35. The predicted octanol–water partition coefficient (Wildman–Crippen LogP) is 2.86.